The molecule has 1 aliphatic heterocycles. The molecule has 1 aliphatic rings. The van der Waals surface area contributed by atoms with Crippen LogP contribution in [0.5, 0.6) is 0 Å². The number of likely N-dealkylation sites (N-methyl/N-ethyl adjacent to an activating group) is 1. The third-order valence-corrected chi connectivity index (χ3v) is 3.70. The van der Waals surface area contributed by atoms with Gasteiger partial charge in [-0.2, -0.15) is 0 Å². The van der Waals surface area contributed by atoms with Crippen LogP contribution >= 0.6 is 11.6 Å². The van der Waals surface area contributed by atoms with Crippen LogP contribution in [0.3, 0.4) is 0 Å². The van der Waals surface area contributed by atoms with Gasteiger partial charge in [0.15, 0.2) is 0 Å². The Morgan fingerprint density at radius 1 is 1.56 bits per heavy atom. The molecular weight excluding hydrogens is 248 g/mol. The Morgan fingerprint density at radius 2 is 2.39 bits per heavy atom. The number of halogens is 1. The average Bonchev–Trinajstić information content (AvgIpc) is 2.39. The zero-order chi connectivity index (χ0) is 13.0. The van der Waals surface area contributed by atoms with Gasteiger partial charge in [-0.1, -0.05) is 30.7 Å². The van der Waals surface area contributed by atoms with E-state index in [1.165, 1.54) is 5.56 Å². The first-order chi connectivity index (χ1) is 8.69. The van der Waals surface area contributed by atoms with Crippen molar-refractivity contribution in [3.63, 3.8) is 0 Å². The van der Waals surface area contributed by atoms with Gasteiger partial charge in [0.1, 0.15) is 0 Å². The molecule has 0 amide bonds. The second-order valence-electron chi connectivity index (χ2n) is 4.80. The molecule has 3 nitrogen and oxygen atoms in total. The lowest BCUT2D eigenvalue weighted by atomic mass is 10.0. The molecule has 1 fully saturated rings. The largest absolute Gasteiger partial charge is 0.374 e. The molecule has 2 N–H and O–H groups in total. The molecule has 0 saturated carbocycles. The summed E-state index contributed by atoms with van der Waals surface area (Å²) in [6.45, 7) is 5.95. The summed E-state index contributed by atoms with van der Waals surface area (Å²) >= 11 is 5.98. The van der Waals surface area contributed by atoms with Crippen LogP contribution in [0.2, 0.25) is 5.02 Å². The highest BCUT2D eigenvalue weighted by atomic mass is 35.5. The predicted octanol–water partition coefficient (Wildman–Crippen LogP) is 1.93. The van der Waals surface area contributed by atoms with Crippen molar-refractivity contribution in [3.8, 4) is 0 Å². The summed E-state index contributed by atoms with van der Waals surface area (Å²) in [5.74, 6) is 0. The fourth-order valence-electron chi connectivity index (χ4n) is 2.35. The van der Waals surface area contributed by atoms with Gasteiger partial charge in [-0.15, -0.1) is 0 Å². The van der Waals surface area contributed by atoms with Gasteiger partial charge in [-0.25, -0.2) is 0 Å². The molecule has 0 bridgehead atoms. The summed E-state index contributed by atoms with van der Waals surface area (Å²) < 4.78 is 5.77. The molecule has 0 aromatic heterocycles. The smallest absolute Gasteiger partial charge is 0.0856 e. The molecule has 18 heavy (non-hydrogen) atoms. The molecule has 1 aromatic carbocycles. The summed E-state index contributed by atoms with van der Waals surface area (Å²) in [5, 5.41) is 0.763. The summed E-state index contributed by atoms with van der Waals surface area (Å²) in [4.78, 5) is 2.38. The van der Waals surface area contributed by atoms with Crippen molar-refractivity contribution in [1.29, 1.82) is 0 Å². The summed E-state index contributed by atoms with van der Waals surface area (Å²) in [5.41, 5.74) is 7.43. The van der Waals surface area contributed by atoms with E-state index in [0.29, 0.717) is 0 Å². The minimum atomic E-state index is 0.0258. The highest BCUT2D eigenvalue weighted by Gasteiger charge is 2.25. The van der Waals surface area contributed by atoms with Crippen LogP contribution in [0.25, 0.3) is 0 Å². The number of nitrogens with two attached hydrogens (primary N) is 1. The average molecular weight is 269 g/mol. The summed E-state index contributed by atoms with van der Waals surface area (Å²) in [6, 6.07) is 7.91. The van der Waals surface area contributed by atoms with Crippen LogP contribution in [0.15, 0.2) is 24.3 Å². The van der Waals surface area contributed by atoms with Crippen LogP contribution in [0.1, 0.15) is 12.5 Å². The van der Waals surface area contributed by atoms with E-state index in [4.69, 9.17) is 22.1 Å². The third-order valence-electron chi connectivity index (χ3n) is 3.46. The fourth-order valence-corrected chi connectivity index (χ4v) is 2.56. The molecular formula is C14H21ClN2O. The van der Waals surface area contributed by atoms with E-state index in [1.54, 1.807) is 0 Å². The van der Waals surface area contributed by atoms with E-state index in [0.717, 1.165) is 37.7 Å². The van der Waals surface area contributed by atoms with E-state index in [-0.39, 0.29) is 12.1 Å². The highest BCUT2D eigenvalue weighted by molar-refractivity contribution is 6.30. The van der Waals surface area contributed by atoms with Gasteiger partial charge in [0, 0.05) is 24.2 Å². The van der Waals surface area contributed by atoms with Crippen molar-refractivity contribution in [2.45, 2.75) is 25.5 Å². The van der Waals surface area contributed by atoms with E-state index in [1.807, 2.05) is 18.2 Å². The third kappa shape index (κ3) is 3.69. The molecule has 0 spiro atoms. The van der Waals surface area contributed by atoms with Gasteiger partial charge in [0.2, 0.25) is 0 Å². The van der Waals surface area contributed by atoms with Crippen molar-refractivity contribution >= 4 is 11.6 Å². The van der Waals surface area contributed by atoms with Gasteiger partial charge < -0.3 is 10.5 Å². The quantitative estimate of drug-likeness (QED) is 0.907. The maximum absolute atomic E-state index is 6.25. The zero-order valence-corrected chi connectivity index (χ0v) is 11.6. The van der Waals surface area contributed by atoms with E-state index in [9.17, 15) is 0 Å². The Labute approximate surface area is 114 Å². The molecule has 2 unspecified atom stereocenters. The SMILES string of the molecule is CCN1CCOC(C(N)Cc2cccc(Cl)c2)C1. The number of hydrogen-bond donors (Lipinski definition) is 1. The van der Waals surface area contributed by atoms with Gasteiger partial charge in [-0.3, -0.25) is 4.90 Å². The number of morpholine rings is 1. The van der Waals surface area contributed by atoms with Crippen molar-refractivity contribution < 1.29 is 4.74 Å². The normalized spacial score (nSPS) is 22.9. The lowest BCUT2D eigenvalue weighted by Crippen LogP contribution is -2.51. The monoisotopic (exact) mass is 268 g/mol. The maximum atomic E-state index is 6.25. The minimum absolute atomic E-state index is 0.0258. The number of nitrogens with zero attached hydrogens (tertiary/aromatic N) is 1. The molecule has 0 radical (unpaired) electrons. The Kier molecular flexibility index (Phi) is 5.01. The number of benzene rings is 1. The number of hydrogen-bond acceptors (Lipinski definition) is 3. The molecule has 100 valence electrons. The fraction of sp³-hybridized carbons (Fsp3) is 0.571. The Morgan fingerprint density at radius 3 is 3.11 bits per heavy atom. The second kappa shape index (κ2) is 6.53. The summed E-state index contributed by atoms with van der Waals surface area (Å²) in [6.07, 6.45) is 0.931. The number of rotatable bonds is 4. The molecule has 2 rings (SSSR count). The Balaban J connectivity index is 1.93. The first-order valence-electron chi connectivity index (χ1n) is 6.53. The van der Waals surface area contributed by atoms with Crippen LogP contribution in [-0.2, 0) is 11.2 Å². The van der Waals surface area contributed by atoms with Gasteiger partial charge in [0.25, 0.3) is 0 Å². The minimum Gasteiger partial charge on any atom is -0.374 e. The number of ether oxygens (including phenoxy) is 1. The molecule has 0 aliphatic carbocycles. The Hall–Kier alpha value is -0.610. The Bertz CT molecular complexity index is 386. The van der Waals surface area contributed by atoms with E-state index < -0.39 is 0 Å². The molecule has 1 aromatic rings. The molecule has 4 heteroatoms. The summed E-state index contributed by atoms with van der Waals surface area (Å²) in [7, 11) is 0. The lowest BCUT2D eigenvalue weighted by molar-refractivity contribution is -0.0385. The second-order valence-corrected chi connectivity index (χ2v) is 5.24. The van der Waals surface area contributed by atoms with Crippen molar-refractivity contribution in [2.24, 2.45) is 5.73 Å². The van der Waals surface area contributed by atoms with E-state index in [2.05, 4.69) is 17.9 Å². The van der Waals surface area contributed by atoms with Crippen molar-refractivity contribution in [3.05, 3.63) is 34.9 Å². The lowest BCUT2D eigenvalue weighted by Gasteiger charge is -2.35. The van der Waals surface area contributed by atoms with Crippen LogP contribution < -0.4 is 5.73 Å². The molecule has 1 heterocycles. The molecule has 2 atom stereocenters. The van der Waals surface area contributed by atoms with Crippen LogP contribution in [-0.4, -0.2) is 43.3 Å². The maximum Gasteiger partial charge on any atom is 0.0856 e. The standard InChI is InChI=1S/C14H21ClN2O/c1-2-17-6-7-18-14(10-17)13(16)9-11-4-3-5-12(15)8-11/h3-5,8,13-14H,2,6-7,9-10,16H2,1H3. The van der Waals surface area contributed by atoms with Crippen molar-refractivity contribution in [2.75, 3.05) is 26.2 Å². The first kappa shape index (κ1) is 13.8. The first-order valence-corrected chi connectivity index (χ1v) is 6.91. The predicted molar refractivity (Wildman–Crippen MR) is 75.0 cm³/mol. The van der Waals surface area contributed by atoms with Crippen LogP contribution in [0, 0.1) is 0 Å². The van der Waals surface area contributed by atoms with Gasteiger partial charge >= 0.3 is 0 Å². The van der Waals surface area contributed by atoms with Gasteiger partial charge in [-0.05, 0) is 30.7 Å². The highest BCUT2D eigenvalue weighted by Crippen LogP contribution is 2.15. The van der Waals surface area contributed by atoms with Crippen LogP contribution in [0.4, 0.5) is 0 Å². The topological polar surface area (TPSA) is 38.5 Å². The zero-order valence-electron chi connectivity index (χ0n) is 10.8. The van der Waals surface area contributed by atoms with Gasteiger partial charge in [0.05, 0.1) is 12.7 Å². The van der Waals surface area contributed by atoms with Crippen molar-refractivity contribution in [1.82, 2.24) is 4.90 Å². The molecule has 1 saturated heterocycles. The van der Waals surface area contributed by atoms with E-state index >= 15 is 0 Å².